The molecule has 0 aliphatic heterocycles. The number of benzene rings is 2. The minimum Gasteiger partial charge on any atom is -0.483 e. The predicted molar refractivity (Wildman–Crippen MR) is 165 cm³/mol. The van der Waals surface area contributed by atoms with E-state index in [0.717, 1.165) is 16.9 Å². The van der Waals surface area contributed by atoms with Crippen molar-refractivity contribution in [2.24, 2.45) is 0 Å². The van der Waals surface area contributed by atoms with Crippen LogP contribution in [0.15, 0.2) is 77.8 Å². The number of esters is 1. The molecule has 10 heteroatoms. The van der Waals surface area contributed by atoms with Crippen molar-refractivity contribution in [2.75, 3.05) is 17.7 Å². The van der Waals surface area contributed by atoms with Gasteiger partial charge in [-0.25, -0.2) is 4.79 Å². The summed E-state index contributed by atoms with van der Waals surface area (Å²) in [7, 11) is 0. The van der Waals surface area contributed by atoms with E-state index in [1.54, 1.807) is 13.0 Å². The molecule has 0 saturated heterocycles. The average Bonchev–Trinajstić information content (AvgIpc) is 3.57. The molecule has 0 fully saturated rings. The highest BCUT2D eigenvalue weighted by Gasteiger charge is 2.24. The summed E-state index contributed by atoms with van der Waals surface area (Å²) in [5, 5.41) is 14.5. The Labute approximate surface area is 248 Å². The van der Waals surface area contributed by atoms with Gasteiger partial charge in [0.1, 0.15) is 16.3 Å². The first-order chi connectivity index (χ1) is 19.8. The molecule has 1 atom stereocenters. The topological polar surface area (TPSA) is 95.3 Å². The molecule has 2 heterocycles. The maximum absolute atomic E-state index is 13.0. The fourth-order valence-corrected chi connectivity index (χ4v) is 5.90. The fourth-order valence-electron chi connectivity index (χ4n) is 4.18. The second-order valence-corrected chi connectivity index (χ2v) is 11.3. The molecular weight excluding hydrogens is 556 g/mol. The number of amides is 1. The van der Waals surface area contributed by atoms with Crippen molar-refractivity contribution in [2.45, 2.75) is 51.4 Å². The highest BCUT2D eigenvalue weighted by atomic mass is 32.2. The third-order valence-electron chi connectivity index (χ3n) is 6.22. The Hall–Kier alpha value is -3.89. The number of ether oxygens (including phenoxy) is 2. The monoisotopic (exact) mass is 590 g/mol. The molecule has 0 aliphatic carbocycles. The number of allylic oxidation sites excluding steroid dienone is 1. The minimum absolute atomic E-state index is 0.0714. The Morgan fingerprint density at radius 3 is 2.49 bits per heavy atom. The molecule has 8 nitrogen and oxygen atoms in total. The van der Waals surface area contributed by atoms with Gasteiger partial charge in [0, 0.05) is 17.5 Å². The summed E-state index contributed by atoms with van der Waals surface area (Å²) in [5.41, 5.74) is 3.19. The SMILES string of the molecule is C=CCn1c(SCC(=O)Nc2scc(-c3ccccc3)c2C(=O)OCC)nnc1C(C)Oc1ccc(C(C)C)cc1. The molecule has 0 aliphatic rings. The van der Waals surface area contributed by atoms with Crippen molar-refractivity contribution in [1.82, 2.24) is 14.8 Å². The summed E-state index contributed by atoms with van der Waals surface area (Å²) in [4.78, 5) is 25.8. The Balaban J connectivity index is 1.46. The zero-order chi connectivity index (χ0) is 29.4. The second-order valence-electron chi connectivity index (χ2n) is 9.50. The molecule has 2 aromatic carbocycles. The number of hydrogen-bond acceptors (Lipinski definition) is 8. The number of thiophene rings is 1. The lowest BCUT2D eigenvalue weighted by Gasteiger charge is -2.16. The number of anilines is 1. The van der Waals surface area contributed by atoms with Crippen LogP contribution in [0, 0.1) is 0 Å². The number of carbonyl (C=O) groups excluding carboxylic acids is 2. The number of aromatic nitrogens is 3. The van der Waals surface area contributed by atoms with E-state index in [1.165, 1.54) is 28.7 Å². The molecular formula is C31H34N4O4S2. The van der Waals surface area contributed by atoms with Gasteiger partial charge < -0.3 is 14.8 Å². The zero-order valence-electron chi connectivity index (χ0n) is 23.6. The Morgan fingerprint density at radius 2 is 1.83 bits per heavy atom. The quantitative estimate of drug-likeness (QED) is 0.0987. The smallest absolute Gasteiger partial charge is 0.341 e. The normalized spacial score (nSPS) is 11.7. The van der Waals surface area contributed by atoms with Crippen molar-refractivity contribution >= 4 is 40.0 Å². The predicted octanol–water partition coefficient (Wildman–Crippen LogP) is 7.36. The van der Waals surface area contributed by atoms with Crippen LogP contribution in [-0.2, 0) is 16.1 Å². The first kappa shape index (κ1) is 30.1. The lowest BCUT2D eigenvalue weighted by atomic mass is 10.0. The van der Waals surface area contributed by atoms with Crippen LogP contribution in [-0.4, -0.2) is 39.0 Å². The number of rotatable bonds is 13. The molecule has 1 amide bonds. The van der Waals surface area contributed by atoms with Gasteiger partial charge in [0.25, 0.3) is 0 Å². The van der Waals surface area contributed by atoms with Crippen LogP contribution in [0.4, 0.5) is 5.00 Å². The van der Waals surface area contributed by atoms with Gasteiger partial charge in [-0.3, -0.25) is 9.36 Å². The Kier molecular flexibility index (Phi) is 10.4. The third-order valence-corrected chi connectivity index (χ3v) is 8.08. The average molecular weight is 591 g/mol. The molecule has 0 spiro atoms. The highest BCUT2D eigenvalue weighted by Crippen LogP contribution is 2.36. The molecule has 214 valence electrons. The van der Waals surface area contributed by atoms with E-state index < -0.39 is 5.97 Å². The molecule has 4 aromatic rings. The van der Waals surface area contributed by atoms with Crippen LogP contribution in [0.2, 0.25) is 0 Å². The van der Waals surface area contributed by atoms with Crippen LogP contribution in [0.25, 0.3) is 11.1 Å². The molecule has 4 rings (SSSR count). The van der Waals surface area contributed by atoms with E-state index in [0.29, 0.717) is 34.0 Å². The van der Waals surface area contributed by atoms with Crippen molar-refractivity contribution in [1.29, 1.82) is 0 Å². The van der Waals surface area contributed by atoms with Gasteiger partial charge in [-0.2, -0.15) is 0 Å². The Morgan fingerprint density at radius 1 is 1.10 bits per heavy atom. The summed E-state index contributed by atoms with van der Waals surface area (Å²) in [6.45, 7) is 12.5. The number of hydrogen-bond donors (Lipinski definition) is 1. The fraction of sp³-hybridized carbons (Fsp3) is 0.290. The number of nitrogens with zero attached hydrogens (tertiary/aromatic N) is 3. The summed E-state index contributed by atoms with van der Waals surface area (Å²) >= 11 is 2.55. The number of carbonyl (C=O) groups is 2. The van der Waals surface area contributed by atoms with Crippen molar-refractivity contribution in [3.8, 4) is 16.9 Å². The molecule has 0 bridgehead atoms. The first-order valence-corrected chi connectivity index (χ1v) is 15.3. The summed E-state index contributed by atoms with van der Waals surface area (Å²) in [6.07, 6.45) is 1.38. The van der Waals surface area contributed by atoms with Gasteiger partial charge in [-0.15, -0.1) is 28.1 Å². The molecule has 0 radical (unpaired) electrons. The van der Waals surface area contributed by atoms with E-state index in [4.69, 9.17) is 9.47 Å². The summed E-state index contributed by atoms with van der Waals surface area (Å²) < 4.78 is 13.3. The van der Waals surface area contributed by atoms with E-state index in [2.05, 4.69) is 48.1 Å². The Bertz CT molecular complexity index is 1480. The van der Waals surface area contributed by atoms with E-state index >= 15 is 0 Å². The highest BCUT2D eigenvalue weighted by molar-refractivity contribution is 7.99. The van der Waals surface area contributed by atoms with E-state index in [9.17, 15) is 9.59 Å². The van der Waals surface area contributed by atoms with Crippen LogP contribution in [0.3, 0.4) is 0 Å². The van der Waals surface area contributed by atoms with Crippen LogP contribution in [0.5, 0.6) is 5.75 Å². The molecule has 2 aromatic heterocycles. The van der Waals surface area contributed by atoms with Crippen molar-refractivity contribution < 1.29 is 19.1 Å². The molecule has 41 heavy (non-hydrogen) atoms. The van der Waals surface area contributed by atoms with Gasteiger partial charge in [0.05, 0.1) is 12.4 Å². The lowest BCUT2D eigenvalue weighted by molar-refractivity contribution is -0.113. The van der Waals surface area contributed by atoms with Crippen LogP contribution < -0.4 is 10.1 Å². The zero-order valence-corrected chi connectivity index (χ0v) is 25.3. The molecule has 1 N–H and O–H groups in total. The standard InChI is InChI=1S/C31H34N4O4S2/c1-6-17-35-28(21(5)39-24-15-13-22(14-16-24)20(3)4)33-34-31(35)41-19-26(36)32-29-27(30(37)38-7-2)25(18-40-29)23-11-9-8-10-12-23/h6,8-16,18,20-21H,1,7,17,19H2,2-5H3,(H,32,36). The number of nitrogens with one attached hydrogen (secondary N) is 1. The minimum atomic E-state index is -0.473. The van der Waals surface area contributed by atoms with Gasteiger partial charge >= 0.3 is 5.97 Å². The van der Waals surface area contributed by atoms with Crippen molar-refractivity contribution in [3.05, 3.63) is 89.6 Å². The van der Waals surface area contributed by atoms with Gasteiger partial charge in [-0.1, -0.05) is 74.1 Å². The molecule has 0 saturated carbocycles. The molecule has 1 unspecified atom stereocenters. The van der Waals surface area contributed by atoms with Gasteiger partial charge in [-0.05, 0) is 43.0 Å². The van der Waals surface area contributed by atoms with Crippen LogP contribution in [0.1, 0.15) is 61.5 Å². The second kappa shape index (κ2) is 14.1. The maximum Gasteiger partial charge on any atom is 0.341 e. The van der Waals surface area contributed by atoms with Gasteiger partial charge in [0.15, 0.2) is 17.1 Å². The maximum atomic E-state index is 13.0. The third kappa shape index (κ3) is 7.45. The van der Waals surface area contributed by atoms with Crippen LogP contribution >= 0.6 is 23.1 Å². The van der Waals surface area contributed by atoms with E-state index in [-0.39, 0.29) is 24.4 Å². The summed E-state index contributed by atoms with van der Waals surface area (Å²) in [6, 6.07) is 17.6. The first-order valence-electron chi connectivity index (χ1n) is 13.4. The number of thioether (sulfide) groups is 1. The van der Waals surface area contributed by atoms with E-state index in [1.807, 2.05) is 59.3 Å². The summed E-state index contributed by atoms with van der Waals surface area (Å²) in [5.74, 6) is 1.14. The van der Waals surface area contributed by atoms with Crippen molar-refractivity contribution in [3.63, 3.8) is 0 Å². The largest absolute Gasteiger partial charge is 0.483 e. The van der Waals surface area contributed by atoms with Gasteiger partial charge in [0.2, 0.25) is 5.91 Å². The lowest BCUT2D eigenvalue weighted by Crippen LogP contribution is -2.17.